The van der Waals surface area contributed by atoms with Crippen molar-refractivity contribution in [3.8, 4) is 34.0 Å². The molecule has 8 rings (SSSR count). The molecular formula is C38H29Cl3F2N8O2. The van der Waals surface area contributed by atoms with Crippen molar-refractivity contribution in [2.45, 2.75) is 0 Å². The highest BCUT2D eigenvalue weighted by molar-refractivity contribution is 6.31. The summed E-state index contributed by atoms with van der Waals surface area (Å²) < 4.78 is 42.3. The van der Waals surface area contributed by atoms with Crippen LogP contribution in [0.25, 0.3) is 33.8 Å². The average Bonchev–Trinajstić information content (AvgIpc) is 3.82. The fraction of sp³-hybridized carbons (Fsp3) is 0.0526. The van der Waals surface area contributed by atoms with E-state index in [4.69, 9.17) is 50.0 Å². The first kappa shape index (κ1) is 36.8. The van der Waals surface area contributed by atoms with Gasteiger partial charge in [-0.2, -0.15) is 10.2 Å². The second-order valence-corrected chi connectivity index (χ2v) is 12.3. The molecular weight excluding hydrogens is 745 g/mol. The molecule has 268 valence electrons. The van der Waals surface area contributed by atoms with Gasteiger partial charge in [-0.05, 0) is 60.7 Å². The van der Waals surface area contributed by atoms with E-state index in [2.05, 4.69) is 25.5 Å². The number of methoxy groups -OCH3 is 2. The number of rotatable bonds is 6. The van der Waals surface area contributed by atoms with Crippen molar-refractivity contribution in [2.75, 3.05) is 25.3 Å². The Morgan fingerprint density at radius 2 is 1.15 bits per heavy atom. The molecule has 0 bridgehead atoms. The molecule has 0 saturated carbocycles. The zero-order chi connectivity index (χ0) is 37.5. The van der Waals surface area contributed by atoms with Crippen LogP contribution in [-0.4, -0.2) is 43.4 Å². The van der Waals surface area contributed by atoms with E-state index in [0.29, 0.717) is 55.4 Å². The van der Waals surface area contributed by atoms with Crippen LogP contribution < -0.4 is 20.5 Å². The van der Waals surface area contributed by atoms with E-state index in [1.165, 1.54) is 18.7 Å². The van der Waals surface area contributed by atoms with Crippen LogP contribution >= 0.6 is 34.8 Å². The minimum Gasteiger partial charge on any atom is -0.494 e. The molecule has 10 nitrogen and oxygen atoms in total. The molecule has 0 aliphatic rings. The summed E-state index contributed by atoms with van der Waals surface area (Å²) in [6.45, 7) is 0. The lowest BCUT2D eigenvalue weighted by atomic mass is 10.1. The van der Waals surface area contributed by atoms with Gasteiger partial charge < -0.3 is 20.5 Å². The molecule has 53 heavy (non-hydrogen) atoms. The van der Waals surface area contributed by atoms with Gasteiger partial charge in [0.05, 0.1) is 38.0 Å². The maximum Gasteiger partial charge on any atom is 0.174 e. The van der Waals surface area contributed by atoms with Crippen molar-refractivity contribution in [2.24, 2.45) is 0 Å². The summed E-state index contributed by atoms with van der Waals surface area (Å²) in [5.41, 5.74) is 9.82. The monoisotopic (exact) mass is 772 g/mol. The number of nitrogens with two attached hydrogens (primary N) is 1. The third-order valence-corrected chi connectivity index (χ3v) is 8.22. The zero-order valence-electron chi connectivity index (χ0n) is 28.0. The Kier molecular flexibility index (Phi) is 11.5. The Hall–Kier alpha value is -5.95. The number of halogens is 5. The van der Waals surface area contributed by atoms with Crippen molar-refractivity contribution in [3.05, 3.63) is 148 Å². The van der Waals surface area contributed by atoms with Crippen molar-refractivity contribution in [1.29, 1.82) is 0 Å². The first-order chi connectivity index (χ1) is 25.6. The lowest BCUT2D eigenvalue weighted by molar-refractivity contribution is 0.387. The van der Waals surface area contributed by atoms with Crippen molar-refractivity contribution in [3.63, 3.8) is 0 Å². The molecule has 0 amide bonds. The van der Waals surface area contributed by atoms with Gasteiger partial charge in [0, 0.05) is 56.8 Å². The predicted molar refractivity (Wildman–Crippen MR) is 205 cm³/mol. The average molecular weight is 774 g/mol. The number of hydrogen-bond donors (Lipinski definition) is 2. The summed E-state index contributed by atoms with van der Waals surface area (Å²) >= 11 is 17.5. The molecule has 4 aromatic heterocycles. The Bertz CT molecular complexity index is 2510. The fourth-order valence-electron chi connectivity index (χ4n) is 5.20. The van der Waals surface area contributed by atoms with Crippen LogP contribution in [0.1, 0.15) is 0 Å². The summed E-state index contributed by atoms with van der Waals surface area (Å²) in [7, 11) is 2.86. The lowest BCUT2D eigenvalue weighted by Gasteiger charge is -2.12. The van der Waals surface area contributed by atoms with Gasteiger partial charge in [-0.1, -0.05) is 59.1 Å². The van der Waals surface area contributed by atoms with E-state index in [0.717, 1.165) is 5.69 Å². The standard InChI is InChI=1S/C19H14ClFN4O.C13H9ClFN3O.C6H6ClN/c1-26-16-7-3-6-14(19(16)21)15-11-17(24-18-8-9-22-25(15)18)23-13-5-2-4-12(20)10-13;1-19-10-4-2-3-8(13(10)15)9-7-11(14)17-12-5-6-16-18(9)12;7-5-2-1-3-6(8)4-5/h2-11H,1H3,(H,23,24);2-7H,1H3;1-4H,8H2. The number of aromatic nitrogens is 6. The van der Waals surface area contributed by atoms with Crippen LogP contribution in [0.3, 0.4) is 0 Å². The third-order valence-electron chi connectivity index (χ3n) is 7.55. The summed E-state index contributed by atoms with van der Waals surface area (Å²) in [6, 6.07) is 31.1. The molecule has 4 heterocycles. The number of fused-ring (bicyclic) bond motifs is 2. The molecule has 0 radical (unpaired) electrons. The van der Waals surface area contributed by atoms with Crippen LogP contribution in [-0.2, 0) is 0 Å². The minimum atomic E-state index is -0.455. The van der Waals surface area contributed by atoms with Gasteiger partial charge >= 0.3 is 0 Å². The van der Waals surface area contributed by atoms with Gasteiger partial charge in [0.1, 0.15) is 11.0 Å². The molecule has 0 spiro atoms. The predicted octanol–water partition coefficient (Wildman–Crippen LogP) is 10.1. The van der Waals surface area contributed by atoms with Gasteiger partial charge in [-0.25, -0.2) is 27.8 Å². The number of nitrogens with one attached hydrogen (secondary N) is 1. The maximum atomic E-state index is 14.8. The molecule has 3 N–H and O–H groups in total. The van der Waals surface area contributed by atoms with E-state index in [1.54, 1.807) is 108 Å². The van der Waals surface area contributed by atoms with Crippen LogP contribution in [0, 0.1) is 11.6 Å². The molecule has 8 aromatic rings. The number of nitrogens with zero attached hydrogens (tertiary/aromatic N) is 6. The van der Waals surface area contributed by atoms with Gasteiger partial charge in [0.25, 0.3) is 0 Å². The second-order valence-electron chi connectivity index (χ2n) is 11.0. The van der Waals surface area contributed by atoms with E-state index >= 15 is 0 Å². The molecule has 0 aliphatic carbocycles. The lowest BCUT2D eigenvalue weighted by Crippen LogP contribution is -2.02. The highest BCUT2D eigenvalue weighted by Crippen LogP contribution is 2.32. The number of ether oxygens (including phenoxy) is 2. The molecule has 0 atom stereocenters. The number of benzene rings is 4. The summed E-state index contributed by atoms with van der Waals surface area (Å²) in [5.74, 6) is -0.0111. The third kappa shape index (κ3) is 8.58. The Morgan fingerprint density at radius 3 is 1.68 bits per heavy atom. The first-order valence-corrected chi connectivity index (χ1v) is 16.8. The molecule has 0 unspecified atom stereocenters. The quantitative estimate of drug-likeness (QED) is 0.127. The number of nitrogen functional groups attached to an aromatic ring is 1. The molecule has 0 saturated heterocycles. The normalized spacial score (nSPS) is 10.6. The molecule has 4 aromatic carbocycles. The fourth-order valence-corrected chi connectivity index (χ4v) is 5.78. The van der Waals surface area contributed by atoms with Gasteiger partial charge in [0.2, 0.25) is 0 Å². The van der Waals surface area contributed by atoms with E-state index in [-0.39, 0.29) is 16.7 Å². The molecule has 15 heteroatoms. The Labute approximate surface area is 317 Å². The summed E-state index contributed by atoms with van der Waals surface area (Å²) in [4.78, 5) is 8.62. The van der Waals surface area contributed by atoms with Gasteiger partial charge in [-0.3, -0.25) is 0 Å². The van der Waals surface area contributed by atoms with E-state index < -0.39 is 11.6 Å². The van der Waals surface area contributed by atoms with E-state index in [1.807, 2.05) is 18.2 Å². The topological polar surface area (TPSA) is 117 Å². The van der Waals surface area contributed by atoms with Crippen LogP contribution in [0.4, 0.5) is 26.0 Å². The minimum absolute atomic E-state index is 0.170. The molecule has 0 aliphatic heterocycles. The van der Waals surface area contributed by atoms with Crippen molar-refractivity contribution >= 4 is 63.3 Å². The number of hydrogen-bond acceptors (Lipinski definition) is 8. The Morgan fingerprint density at radius 1 is 0.623 bits per heavy atom. The van der Waals surface area contributed by atoms with Gasteiger partial charge in [0.15, 0.2) is 34.4 Å². The number of anilines is 3. The van der Waals surface area contributed by atoms with Crippen molar-refractivity contribution < 1.29 is 18.3 Å². The van der Waals surface area contributed by atoms with E-state index in [9.17, 15) is 8.78 Å². The largest absolute Gasteiger partial charge is 0.494 e. The smallest absolute Gasteiger partial charge is 0.174 e. The van der Waals surface area contributed by atoms with Crippen LogP contribution in [0.15, 0.2) is 122 Å². The van der Waals surface area contributed by atoms with Gasteiger partial charge in [-0.15, -0.1) is 0 Å². The first-order valence-electron chi connectivity index (χ1n) is 15.7. The summed E-state index contributed by atoms with van der Waals surface area (Å²) in [5, 5.41) is 13.1. The highest BCUT2D eigenvalue weighted by Gasteiger charge is 2.17. The van der Waals surface area contributed by atoms with Crippen molar-refractivity contribution in [1.82, 2.24) is 29.2 Å². The maximum absolute atomic E-state index is 14.8. The SMILES string of the molecule is COc1cccc(-c2cc(Cl)nc3ccnn23)c1F.COc1cccc(-c2cc(Nc3cccc(Cl)c3)nc3ccnn23)c1F.Nc1cccc(Cl)c1. The second kappa shape index (κ2) is 16.6. The molecule has 0 fully saturated rings. The summed E-state index contributed by atoms with van der Waals surface area (Å²) in [6.07, 6.45) is 3.20. The van der Waals surface area contributed by atoms with Crippen LogP contribution in [0.2, 0.25) is 15.2 Å². The Balaban J connectivity index is 0.000000155. The zero-order valence-corrected chi connectivity index (χ0v) is 30.3. The highest BCUT2D eigenvalue weighted by atomic mass is 35.5. The van der Waals surface area contributed by atoms with Crippen LogP contribution in [0.5, 0.6) is 11.5 Å².